The number of fused-ring (bicyclic) bond motifs is 1. The Morgan fingerprint density at radius 1 is 1.19 bits per heavy atom. The van der Waals surface area contributed by atoms with Gasteiger partial charge in [-0.15, -0.1) is 11.3 Å². The van der Waals surface area contributed by atoms with Crippen molar-refractivity contribution in [2.75, 3.05) is 38.3 Å². The van der Waals surface area contributed by atoms with Crippen LogP contribution in [0.1, 0.15) is 18.7 Å². The first-order chi connectivity index (χ1) is 13.0. The molecular weight excluding hydrogens is 364 g/mol. The molecule has 27 heavy (non-hydrogen) atoms. The van der Waals surface area contributed by atoms with Gasteiger partial charge < -0.3 is 19.5 Å². The molecule has 0 aliphatic carbocycles. The standard InChI is InChI=1S/C19H22N4O3S/c1-19(2,24)15-9-14-16(27-15)18(23-4-6-26-7-5-23)22-17(21-14)12-8-13(25-3)11-20-10-12/h8-11,24H,4-7H2,1-3H3. The van der Waals surface area contributed by atoms with Gasteiger partial charge in [0.25, 0.3) is 0 Å². The lowest BCUT2D eigenvalue weighted by Gasteiger charge is -2.28. The number of thiophene rings is 1. The summed E-state index contributed by atoms with van der Waals surface area (Å²) in [6, 6.07) is 3.82. The lowest BCUT2D eigenvalue weighted by Crippen LogP contribution is -2.36. The van der Waals surface area contributed by atoms with E-state index in [2.05, 4.69) is 9.88 Å². The van der Waals surface area contributed by atoms with E-state index in [0.29, 0.717) is 24.8 Å². The zero-order valence-electron chi connectivity index (χ0n) is 15.6. The predicted molar refractivity (Wildman–Crippen MR) is 105 cm³/mol. The van der Waals surface area contributed by atoms with Crippen molar-refractivity contribution >= 4 is 27.4 Å². The Bertz CT molecular complexity index is 961. The van der Waals surface area contributed by atoms with Gasteiger partial charge in [-0.2, -0.15) is 0 Å². The maximum Gasteiger partial charge on any atom is 0.163 e. The molecule has 1 fully saturated rings. The number of rotatable bonds is 4. The summed E-state index contributed by atoms with van der Waals surface area (Å²) in [5, 5.41) is 10.4. The molecule has 0 bridgehead atoms. The smallest absolute Gasteiger partial charge is 0.163 e. The van der Waals surface area contributed by atoms with Gasteiger partial charge in [-0.1, -0.05) is 0 Å². The summed E-state index contributed by atoms with van der Waals surface area (Å²) in [4.78, 5) is 16.9. The van der Waals surface area contributed by atoms with Gasteiger partial charge >= 0.3 is 0 Å². The molecule has 3 aromatic rings. The first-order valence-electron chi connectivity index (χ1n) is 8.82. The van der Waals surface area contributed by atoms with Crippen molar-refractivity contribution in [2.45, 2.75) is 19.4 Å². The third kappa shape index (κ3) is 3.60. The molecule has 0 aromatic carbocycles. The molecule has 0 radical (unpaired) electrons. The maximum atomic E-state index is 10.4. The summed E-state index contributed by atoms with van der Waals surface area (Å²) in [5.74, 6) is 2.13. The van der Waals surface area contributed by atoms with Crippen LogP contribution < -0.4 is 9.64 Å². The average Bonchev–Trinajstić information content (AvgIpc) is 3.13. The van der Waals surface area contributed by atoms with E-state index in [-0.39, 0.29) is 0 Å². The van der Waals surface area contributed by atoms with Crippen molar-refractivity contribution in [2.24, 2.45) is 0 Å². The van der Waals surface area contributed by atoms with Crippen LogP contribution in [-0.4, -0.2) is 53.5 Å². The van der Waals surface area contributed by atoms with E-state index in [9.17, 15) is 5.11 Å². The van der Waals surface area contributed by atoms with Gasteiger partial charge in [0.1, 0.15) is 5.75 Å². The van der Waals surface area contributed by atoms with E-state index < -0.39 is 5.60 Å². The fourth-order valence-electron chi connectivity index (χ4n) is 2.99. The van der Waals surface area contributed by atoms with Crippen LogP contribution in [0.3, 0.4) is 0 Å². The third-order valence-electron chi connectivity index (χ3n) is 4.47. The molecule has 0 unspecified atom stereocenters. The lowest BCUT2D eigenvalue weighted by molar-refractivity contribution is 0.0826. The molecule has 0 amide bonds. The molecule has 4 rings (SSSR count). The van der Waals surface area contributed by atoms with Crippen molar-refractivity contribution in [3.63, 3.8) is 0 Å². The molecular formula is C19H22N4O3S. The maximum absolute atomic E-state index is 10.4. The minimum absolute atomic E-state index is 0.593. The van der Waals surface area contributed by atoms with Gasteiger partial charge in [0.15, 0.2) is 11.6 Å². The minimum atomic E-state index is -0.925. The molecule has 4 heterocycles. The second-order valence-corrected chi connectivity index (χ2v) is 8.02. The largest absolute Gasteiger partial charge is 0.495 e. The number of morpholine rings is 1. The van der Waals surface area contributed by atoms with Crippen LogP contribution in [0.2, 0.25) is 0 Å². The second kappa shape index (κ2) is 7.03. The van der Waals surface area contributed by atoms with Crippen LogP contribution in [0.5, 0.6) is 5.75 Å². The van der Waals surface area contributed by atoms with Crippen LogP contribution in [0.15, 0.2) is 24.5 Å². The van der Waals surface area contributed by atoms with E-state index in [0.717, 1.165) is 39.6 Å². The van der Waals surface area contributed by atoms with Crippen LogP contribution in [-0.2, 0) is 10.3 Å². The summed E-state index contributed by atoms with van der Waals surface area (Å²) >= 11 is 1.54. The number of aromatic nitrogens is 3. The molecule has 1 aliphatic rings. The van der Waals surface area contributed by atoms with E-state index >= 15 is 0 Å². The number of ether oxygens (including phenoxy) is 2. The summed E-state index contributed by atoms with van der Waals surface area (Å²) < 4.78 is 11.8. The van der Waals surface area contributed by atoms with Crippen molar-refractivity contribution in [3.8, 4) is 17.1 Å². The van der Waals surface area contributed by atoms with Gasteiger partial charge in [-0.25, -0.2) is 9.97 Å². The first-order valence-corrected chi connectivity index (χ1v) is 9.64. The van der Waals surface area contributed by atoms with E-state index in [4.69, 9.17) is 19.4 Å². The van der Waals surface area contributed by atoms with E-state index in [1.54, 1.807) is 33.4 Å². The van der Waals surface area contributed by atoms with Gasteiger partial charge in [0.05, 0.1) is 42.3 Å². The lowest BCUT2D eigenvalue weighted by atomic mass is 10.1. The zero-order valence-corrected chi connectivity index (χ0v) is 16.4. The number of pyridine rings is 1. The molecule has 8 heteroatoms. The number of hydrogen-bond donors (Lipinski definition) is 1. The predicted octanol–water partition coefficient (Wildman–Crippen LogP) is 2.83. The summed E-state index contributed by atoms with van der Waals surface area (Å²) in [5.41, 5.74) is 0.693. The van der Waals surface area contributed by atoms with Gasteiger partial charge in [-0.3, -0.25) is 4.98 Å². The van der Waals surface area contributed by atoms with Gasteiger partial charge in [-0.05, 0) is 26.0 Å². The number of anilines is 1. The van der Waals surface area contributed by atoms with Crippen LogP contribution in [0, 0.1) is 0 Å². The van der Waals surface area contributed by atoms with Crippen molar-refractivity contribution < 1.29 is 14.6 Å². The Morgan fingerprint density at radius 3 is 2.67 bits per heavy atom. The van der Waals surface area contributed by atoms with E-state index in [1.165, 1.54) is 11.3 Å². The molecule has 0 spiro atoms. The fourth-order valence-corrected chi connectivity index (χ4v) is 4.10. The van der Waals surface area contributed by atoms with Crippen molar-refractivity contribution in [1.82, 2.24) is 15.0 Å². The van der Waals surface area contributed by atoms with Crippen molar-refractivity contribution in [1.29, 1.82) is 0 Å². The summed E-state index contributed by atoms with van der Waals surface area (Å²) in [6.07, 6.45) is 3.39. The minimum Gasteiger partial charge on any atom is -0.495 e. The van der Waals surface area contributed by atoms with Gasteiger partial charge in [0, 0.05) is 29.7 Å². The molecule has 0 atom stereocenters. The molecule has 1 aliphatic heterocycles. The zero-order chi connectivity index (χ0) is 19.0. The van der Waals surface area contributed by atoms with Crippen LogP contribution >= 0.6 is 11.3 Å². The number of hydrogen-bond acceptors (Lipinski definition) is 8. The first kappa shape index (κ1) is 18.1. The Morgan fingerprint density at radius 2 is 1.96 bits per heavy atom. The van der Waals surface area contributed by atoms with E-state index in [1.807, 2.05) is 12.1 Å². The van der Waals surface area contributed by atoms with Gasteiger partial charge in [0.2, 0.25) is 0 Å². The SMILES string of the molecule is COc1cncc(-c2nc(N3CCOCC3)c3sc(C(C)(C)O)cc3n2)c1. The molecule has 0 saturated carbocycles. The topological polar surface area (TPSA) is 80.6 Å². The molecule has 1 N–H and O–H groups in total. The Labute approximate surface area is 161 Å². The average molecular weight is 386 g/mol. The Hall–Kier alpha value is -2.29. The Kier molecular flexibility index (Phi) is 4.71. The van der Waals surface area contributed by atoms with Crippen LogP contribution in [0.25, 0.3) is 21.6 Å². The normalized spacial score (nSPS) is 15.3. The van der Waals surface area contributed by atoms with Crippen molar-refractivity contribution in [3.05, 3.63) is 29.4 Å². The quantitative estimate of drug-likeness (QED) is 0.738. The number of aliphatic hydroxyl groups is 1. The highest BCUT2D eigenvalue weighted by atomic mass is 32.1. The molecule has 7 nitrogen and oxygen atoms in total. The highest BCUT2D eigenvalue weighted by Crippen LogP contribution is 2.38. The molecule has 142 valence electrons. The molecule has 1 saturated heterocycles. The monoisotopic (exact) mass is 386 g/mol. The summed E-state index contributed by atoms with van der Waals surface area (Å²) in [6.45, 7) is 6.46. The van der Waals surface area contributed by atoms with Crippen LogP contribution in [0.4, 0.5) is 5.82 Å². The highest BCUT2D eigenvalue weighted by Gasteiger charge is 2.24. The second-order valence-electron chi connectivity index (χ2n) is 6.97. The fraction of sp³-hybridized carbons (Fsp3) is 0.421. The Balaban J connectivity index is 1.89. The molecule has 3 aromatic heterocycles. The number of methoxy groups -OCH3 is 1. The summed E-state index contributed by atoms with van der Waals surface area (Å²) in [7, 11) is 1.61. The highest BCUT2D eigenvalue weighted by molar-refractivity contribution is 7.19. The third-order valence-corrected chi connectivity index (χ3v) is 5.91. The number of nitrogens with zero attached hydrogens (tertiary/aromatic N) is 4.